The molecular formula is C15H21NO5. The lowest BCUT2D eigenvalue weighted by molar-refractivity contribution is -0.873. The zero-order valence-corrected chi connectivity index (χ0v) is 12.6. The molecule has 1 aromatic carbocycles. The van der Waals surface area contributed by atoms with E-state index in [4.69, 9.17) is 14.2 Å². The van der Waals surface area contributed by atoms with Crippen molar-refractivity contribution < 1.29 is 28.6 Å². The molecule has 1 atom stereocenters. The van der Waals surface area contributed by atoms with Crippen LogP contribution in [0.5, 0.6) is 11.5 Å². The Morgan fingerprint density at radius 3 is 2.71 bits per heavy atom. The molecule has 2 rings (SSSR count). The number of benzene rings is 1. The molecule has 0 radical (unpaired) electrons. The second-order valence-electron chi connectivity index (χ2n) is 6.17. The minimum Gasteiger partial charge on any atom is -0.550 e. The van der Waals surface area contributed by atoms with E-state index in [2.05, 4.69) is 0 Å². The molecule has 1 aromatic rings. The van der Waals surface area contributed by atoms with Gasteiger partial charge in [0.05, 0.1) is 27.7 Å². The number of quaternary nitrogens is 1. The molecule has 21 heavy (non-hydrogen) atoms. The van der Waals surface area contributed by atoms with Crippen LogP contribution in [0.3, 0.4) is 0 Å². The Balaban J connectivity index is 1.95. The number of fused-ring (bicyclic) bond motifs is 1. The van der Waals surface area contributed by atoms with E-state index in [0.29, 0.717) is 23.4 Å². The van der Waals surface area contributed by atoms with Gasteiger partial charge >= 0.3 is 0 Å². The van der Waals surface area contributed by atoms with Crippen molar-refractivity contribution in [1.29, 1.82) is 0 Å². The van der Waals surface area contributed by atoms with Crippen LogP contribution in [0.15, 0.2) is 18.2 Å². The summed E-state index contributed by atoms with van der Waals surface area (Å²) in [6.07, 6.45) is -0.500. The fourth-order valence-electron chi connectivity index (χ4n) is 2.22. The van der Waals surface area contributed by atoms with Gasteiger partial charge in [-0.3, -0.25) is 0 Å². The molecule has 0 spiro atoms. The number of hydrogen-bond donors (Lipinski definition) is 0. The molecule has 116 valence electrons. The maximum atomic E-state index is 10.8. The molecule has 0 saturated heterocycles. The van der Waals surface area contributed by atoms with E-state index in [9.17, 15) is 9.90 Å². The van der Waals surface area contributed by atoms with Gasteiger partial charge < -0.3 is 28.6 Å². The van der Waals surface area contributed by atoms with Gasteiger partial charge in [0.1, 0.15) is 12.6 Å². The summed E-state index contributed by atoms with van der Waals surface area (Å²) in [5.41, 5.74) is 0.920. The first kappa shape index (κ1) is 15.6. The Hall–Kier alpha value is -1.79. The van der Waals surface area contributed by atoms with Crippen molar-refractivity contribution in [2.24, 2.45) is 0 Å². The summed E-state index contributed by atoms with van der Waals surface area (Å²) >= 11 is 0. The average molecular weight is 295 g/mol. The first-order chi connectivity index (χ1) is 9.83. The van der Waals surface area contributed by atoms with Crippen molar-refractivity contribution in [1.82, 2.24) is 0 Å². The van der Waals surface area contributed by atoms with Crippen LogP contribution >= 0.6 is 0 Å². The van der Waals surface area contributed by atoms with Crippen LogP contribution in [0.2, 0.25) is 0 Å². The van der Waals surface area contributed by atoms with Crippen molar-refractivity contribution >= 4 is 5.97 Å². The predicted octanol–water partition coefficient (Wildman–Crippen LogP) is 0.147. The molecule has 6 heteroatoms. The number of hydrogen-bond acceptors (Lipinski definition) is 5. The fourth-order valence-corrected chi connectivity index (χ4v) is 2.22. The number of carbonyl (C=O) groups excluding carboxylic acids is 1. The second-order valence-corrected chi connectivity index (χ2v) is 6.17. The highest BCUT2D eigenvalue weighted by Gasteiger charge is 2.20. The Bertz CT molecular complexity index is 509. The van der Waals surface area contributed by atoms with E-state index >= 15 is 0 Å². The lowest BCUT2D eigenvalue weighted by Crippen LogP contribution is -2.44. The highest BCUT2D eigenvalue weighted by atomic mass is 16.7. The highest BCUT2D eigenvalue weighted by molar-refractivity contribution is 5.64. The maximum absolute atomic E-state index is 10.8. The van der Waals surface area contributed by atoms with Gasteiger partial charge in [-0.25, -0.2) is 0 Å². The van der Waals surface area contributed by atoms with Crippen LogP contribution in [0.25, 0.3) is 0 Å². The molecule has 6 nitrogen and oxygen atoms in total. The normalized spacial score (nSPS) is 15.0. The second kappa shape index (κ2) is 6.32. The summed E-state index contributed by atoms with van der Waals surface area (Å²) in [5, 5.41) is 10.8. The average Bonchev–Trinajstić information content (AvgIpc) is 2.80. The third-order valence-electron chi connectivity index (χ3n) is 3.07. The third kappa shape index (κ3) is 4.91. The zero-order chi connectivity index (χ0) is 15.5. The third-order valence-corrected chi connectivity index (χ3v) is 3.07. The molecule has 1 aliphatic rings. The summed E-state index contributed by atoms with van der Waals surface area (Å²) in [6, 6.07) is 5.56. The summed E-state index contributed by atoms with van der Waals surface area (Å²) in [7, 11) is 5.98. The first-order valence-corrected chi connectivity index (χ1v) is 6.84. The molecule has 0 N–H and O–H groups in total. The fraction of sp³-hybridized carbons (Fsp3) is 0.533. The molecule has 0 aromatic heterocycles. The van der Waals surface area contributed by atoms with Crippen molar-refractivity contribution in [2.45, 2.75) is 19.1 Å². The Morgan fingerprint density at radius 2 is 2.05 bits per heavy atom. The van der Waals surface area contributed by atoms with E-state index < -0.39 is 5.97 Å². The van der Waals surface area contributed by atoms with Gasteiger partial charge in [0.2, 0.25) is 6.79 Å². The number of rotatable bonds is 7. The minimum absolute atomic E-state index is 0.111. The Morgan fingerprint density at radius 1 is 1.33 bits per heavy atom. The van der Waals surface area contributed by atoms with Crippen molar-refractivity contribution in [2.75, 3.05) is 34.5 Å². The lowest BCUT2D eigenvalue weighted by atomic mass is 10.2. The first-order valence-electron chi connectivity index (χ1n) is 6.84. The Kier molecular flexibility index (Phi) is 4.69. The minimum atomic E-state index is -1.10. The van der Waals surface area contributed by atoms with Gasteiger partial charge in [-0.2, -0.15) is 0 Å². The molecule has 1 aliphatic heterocycles. The summed E-state index contributed by atoms with van der Waals surface area (Å²) in [4.78, 5) is 10.8. The standard InChI is InChI=1S/C15H21NO5/c1-16(2,3)8-12(7-15(17)18)19-9-11-4-5-13-14(6-11)21-10-20-13/h4-6,12H,7-10H2,1-3H3. The van der Waals surface area contributed by atoms with Crippen LogP contribution < -0.4 is 14.6 Å². The largest absolute Gasteiger partial charge is 0.550 e. The van der Waals surface area contributed by atoms with E-state index in [1.54, 1.807) is 0 Å². The quantitative estimate of drug-likeness (QED) is 0.670. The molecule has 1 unspecified atom stereocenters. The van der Waals surface area contributed by atoms with Crippen molar-refractivity contribution in [3.05, 3.63) is 23.8 Å². The van der Waals surface area contributed by atoms with E-state index in [-0.39, 0.29) is 19.3 Å². The number of aliphatic carboxylic acids is 1. The topological polar surface area (TPSA) is 67.8 Å². The molecule has 0 bridgehead atoms. The zero-order valence-electron chi connectivity index (χ0n) is 12.6. The summed E-state index contributed by atoms with van der Waals surface area (Å²) in [6.45, 7) is 1.15. The van der Waals surface area contributed by atoms with Crippen molar-refractivity contribution in [3.63, 3.8) is 0 Å². The number of nitrogens with zero attached hydrogens (tertiary/aromatic N) is 1. The van der Waals surface area contributed by atoms with Gasteiger partial charge in [-0.15, -0.1) is 0 Å². The lowest BCUT2D eigenvalue weighted by Gasteiger charge is -2.29. The van der Waals surface area contributed by atoms with Gasteiger partial charge in [0, 0.05) is 12.4 Å². The van der Waals surface area contributed by atoms with E-state index in [1.807, 2.05) is 39.3 Å². The summed E-state index contributed by atoms with van der Waals surface area (Å²) < 4.78 is 16.9. The van der Waals surface area contributed by atoms with Crippen LogP contribution in [-0.4, -0.2) is 51.0 Å². The molecule has 0 fully saturated rings. The Labute approximate surface area is 124 Å². The highest BCUT2D eigenvalue weighted by Crippen LogP contribution is 2.32. The number of carboxylic acid groups (broad SMARTS) is 1. The van der Waals surface area contributed by atoms with E-state index in [1.165, 1.54) is 0 Å². The van der Waals surface area contributed by atoms with Crippen LogP contribution in [0.4, 0.5) is 0 Å². The molecule has 0 aliphatic carbocycles. The predicted molar refractivity (Wildman–Crippen MR) is 73.7 cm³/mol. The van der Waals surface area contributed by atoms with Gasteiger partial charge in [-0.1, -0.05) is 6.07 Å². The van der Waals surface area contributed by atoms with Crippen LogP contribution in [0.1, 0.15) is 12.0 Å². The SMILES string of the molecule is C[N+](C)(C)CC(CC(=O)[O-])OCc1ccc2c(c1)OCO2. The number of likely N-dealkylation sites (N-methyl/N-ethyl adjacent to an activating group) is 1. The number of carbonyl (C=O) groups is 1. The molecule has 0 amide bonds. The molecular weight excluding hydrogens is 274 g/mol. The van der Waals surface area contributed by atoms with E-state index in [0.717, 1.165) is 11.3 Å². The van der Waals surface area contributed by atoms with Gasteiger partial charge in [0.15, 0.2) is 11.5 Å². The van der Waals surface area contributed by atoms with Gasteiger partial charge in [-0.05, 0) is 17.7 Å². The number of carboxylic acids is 1. The molecule has 1 heterocycles. The smallest absolute Gasteiger partial charge is 0.231 e. The monoisotopic (exact) mass is 295 g/mol. The summed E-state index contributed by atoms with van der Waals surface area (Å²) in [5.74, 6) is 0.315. The van der Waals surface area contributed by atoms with Crippen LogP contribution in [-0.2, 0) is 16.1 Å². The molecule has 0 saturated carbocycles. The van der Waals surface area contributed by atoms with Gasteiger partial charge in [0.25, 0.3) is 0 Å². The number of ether oxygens (including phenoxy) is 3. The van der Waals surface area contributed by atoms with Crippen LogP contribution in [0, 0.1) is 0 Å². The maximum Gasteiger partial charge on any atom is 0.231 e. The van der Waals surface area contributed by atoms with Crippen molar-refractivity contribution in [3.8, 4) is 11.5 Å².